The molecule has 0 saturated carbocycles. The summed E-state index contributed by atoms with van der Waals surface area (Å²) in [6.07, 6.45) is 5.05. The van der Waals surface area contributed by atoms with Crippen molar-refractivity contribution in [3.8, 4) is 16.9 Å². The van der Waals surface area contributed by atoms with Gasteiger partial charge in [0.25, 0.3) is 0 Å². The molecule has 0 aliphatic heterocycles. The van der Waals surface area contributed by atoms with Crippen LogP contribution in [0.4, 0.5) is 0 Å². The van der Waals surface area contributed by atoms with Crippen LogP contribution in [-0.2, 0) is 4.74 Å². The second kappa shape index (κ2) is 4.94. The molecule has 2 heterocycles. The zero-order valence-electron chi connectivity index (χ0n) is 11.7. The van der Waals surface area contributed by atoms with E-state index in [1.165, 1.54) is 7.11 Å². The van der Waals surface area contributed by atoms with Gasteiger partial charge in [-0.3, -0.25) is 0 Å². The number of carbonyl (C=O) groups is 1. The number of phenolic OH excluding ortho intramolecular Hbond substituents is 1. The second-order valence-corrected chi connectivity index (χ2v) is 4.81. The molecule has 0 aliphatic rings. The Kier molecular flexibility index (Phi) is 3.10. The van der Waals surface area contributed by atoms with Gasteiger partial charge in [-0.2, -0.15) is 0 Å². The molecule has 3 aromatic rings. The molecule has 0 saturated heterocycles. The Morgan fingerprint density at radius 2 is 2.10 bits per heavy atom. The summed E-state index contributed by atoms with van der Waals surface area (Å²) in [5.74, 6) is -0.277. The average molecular weight is 282 g/mol. The first kappa shape index (κ1) is 13.2. The fraction of sp³-hybridized carbons (Fsp3) is 0.125. The smallest absolute Gasteiger partial charge is 0.339 e. The van der Waals surface area contributed by atoms with Gasteiger partial charge < -0.3 is 14.2 Å². The standard InChI is InChI=1S/C16H14N2O3/c1-10-3-4-12(14(19)7-10)13-8-11(16(20)21-2)9-18-6-5-17-15(13)18/h3-9,19H,1-2H3. The highest BCUT2D eigenvalue weighted by Gasteiger charge is 2.15. The van der Waals surface area contributed by atoms with Gasteiger partial charge >= 0.3 is 5.97 Å². The Hall–Kier alpha value is -2.82. The fourth-order valence-corrected chi connectivity index (χ4v) is 2.33. The summed E-state index contributed by atoms with van der Waals surface area (Å²) in [6, 6.07) is 7.08. The van der Waals surface area contributed by atoms with E-state index < -0.39 is 5.97 Å². The number of carbonyl (C=O) groups excluding carboxylic acids is 1. The Morgan fingerprint density at radius 1 is 1.29 bits per heavy atom. The lowest BCUT2D eigenvalue weighted by atomic mass is 10.0. The Labute approximate surface area is 121 Å². The van der Waals surface area contributed by atoms with Crippen LogP contribution in [0.25, 0.3) is 16.8 Å². The zero-order valence-corrected chi connectivity index (χ0v) is 11.7. The minimum atomic E-state index is -0.432. The van der Waals surface area contributed by atoms with E-state index in [9.17, 15) is 9.90 Å². The van der Waals surface area contributed by atoms with Crippen molar-refractivity contribution < 1.29 is 14.6 Å². The predicted octanol–water partition coefficient (Wildman–Crippen LogP) is 2.80. The molecular formula is C16H14N2O3. The number of rotatable bonds is 2. The number of ether oxygens (including phenoxy) is 1. The van der Waals surface area contributed by atoms with Gasteiger partial charge in [0.05, 0.1) is 12.7 Å². The van der Waals surface area contributed by atoms with Crippen molar-refractivity contribution in [3.63, 3.8) is 0 Å². The number of esters is 1. The van der Waals surface area contributed by atoms with Crippen molar-refractivity contribution in [1.82, 2.24) is 9.38 Å². The van der Waals surface area contributed by atoms with E-state index >= 15 is 0 Å². The summed E-state index contributed by atoms with van der Waals surface area (Å²) < 4.78 is 6.50. The predicted molar refractivity (Wildman–Crippen MR) is 78.4 cm³/mol. The van der Waals surface area contributed by atoms with E-state index in [2.05, 4.69) is 4.98 Å². The third-order valence-corrected chi connectivity index (χ3v) is 3.35. The number of phenols is 1. The number of fused-ring (bicyclic) bond motifs is 1. The molecule has 0 atom stereocenters. The summed E-state index contributed by atoms with van der Waals surface area (Å²) in [7, 11) is 1.34. The van der Waals surface area contributed by atoms with E-state index in [-0.39, 0.29) is 5.75 Å². The molecule has 3 rings (SSSR count). The highest BCUT2D eigenvalue weighted by molar-refractivity contribution is 5.93. The van der Waals surface area contributed by atoms with Crippen LogP contribution < -0.4 is 0 Å². The quantitative estimate of drug-likeness (QED) is 0.734. The number of aromatic hydroxyl groups is 1. The van der Waals surface area contributed by atoms with Crippen LogP contribution in [0.5, 0.6) is 5.75 Å². The molecule has 0 aliphatic carbocycles. The lowest BCUT2D eigenvalue weighted by Crippen LogP contribution is -2.04. The van der Waals surface area contributed by atoms with Gasteiger partial charge in [0.2, 0.25) is 0 Å². The van der Waals surface area contributed by atoms with Crippen LogP contribution in [0.15, 0.2) is 42.9 Å². The molecule has 1 N–H and O–H groups in total. The normalized spacial score (nSPS) is 10.8. The first-order chi connectivity index (χ1) is 10.1. The highest BCUT2D eigenvalue weighted by Crippen LogP contribution is 2.33. The van der Waals surface area contributed by atoms with Crippen LogP contribution in [0.1, 0.15) is 15.9 Å². The Bertz CT molecular complexity index is 837. The van der Waals surface area contributed by atoms with Crippen molar-refractivity contribution in [2.75, 3.05) is 7.11 Å². The molecule has 0 spiro atoms. The Morgan fingerprint density at radius 3 is 2.81 bits per heavy atom. The molecule has 0 fully saturated rings. The van der Waals surface area contributed by atoms with Gasteiger partial charge in [0.15, 0.2) is 0 Å². The minimum absolute atomic E-state index is 0.155. The van der Waals surface area contributed by atoms with Gasteiger partial charge in [-0.1, -0.05) is 12.1 Å². The molecule has 0 bridgehead atoms. The van der Waals surface area contributed by atoms with E-state index in [0.717, 1.165) is 5.56 Å². The number of methoxy groups -OCH3 is 1. The first-order valence-electron chi connectivity index (χ1n) is 6.45. The fourth-order valence-electron chi connectivity index (χ4n) is 2.33. The maximum absolute atomic E-state index is 11.8. The van der Waals surface area contributed by atoms with Gasteiger partial charge in [0, 0.05) is 29.7 Å². The first-order valence-corrected chi connectivity index (χ1v) is 6.45. The third kappa shape index (κ3) is 2.23. The number of aryl methyl sites for hydroxylation is 1. The molecule has 0 amide bonds. The van der Waals surface area contributed by atoms with Gasteiger partial charge in [0.1, 0.15) is 11.4 Å². The van der Waals surface area contributed by atoms with Gasteiger partial charge in [-0.15, -0.1) is 0 Å². The van der Waals surface area contributed by atoms with Crippen molar-refractivity contribution in [3.05, 3.63) is 54.0 Å². The highest BCUT2D eigenvalue weighted by atomic mass is 16.5. The molecule has 2 aromatic heterocycles. The van der Waals surface area contributed by atoms with Crippen molar-refractivity contribution in [2.24, 2.45) is 0 Å². The second-order valence-electron chi connectivity index (χ2n) is 4.81. The maximum atomic E-state index is 11.8. The summed E-state index contributed by atoms with van der Waals surface area (Å²) in [5, 5.41) is 10.2. The maximum Gasteiger partial charge on any atom is 0.339 e. The number of aromatic nitrogens is 2. The minimum Gasteiger partial charge on any atom is -0.507 e. The number of nitrogens with zero attached hydrogens (tertiary/aromatic N) is 2. The Balaban J connectivity index is 2.29. The van der Waals surface area contributed by atoms with Crippen LogP contribution in [0.3, 0.4) is 0 Å². The summed E-state index contributed by atoms with van der Waals surface area (Å²) in [5.41, 5.74) is 3.34. The number of imidazole rings is 1. The van der Waals surface area contributed by atoms with Crippen LogP contribution in [-0.4, -0.2) is 27.6 Å². The molecule has 21 heavy (non-hydrogen) atoms. The molecule has 1 aromatic carbocycles. The van der Waals surface area contributed by atoms with Gasteiger partial charge in [-0.05, 0) is 24.6 Å². The molecule has 5 heteroatoms. The monoisotopic (exact) mass is 282 g/mol. The van der Waals surface area contributed by atoms with E-state index in [0.29, 0.717) is 22.3 Å². The third-order valence-electron chi connectivity index (χ3n) is 3.35. The number of hydrogen-bond donors (Lipinski definition) is 1. The van der Waals surface area contributed by atoms with Crippen molar-refractivity contribution >= 4 is 11.6 Å². The van der Waals surface area contributed by atoms with Crippen molar-refractivity contribution in [1.29, 1.82) is 0 Å². The topological polar surface area (TPSA) is 63.8 Å². The molecule has 0 unspecified atom stereocenters. The van der Waals surface area contributed by atoms with E-state index in [1.807, 2.05) is 19.1 Å². The largest absolute Gasteiger partial charge is 0.507 e. The van der Waals surface area contributed by atoms with Crippen LogP contribution in [0, 0.1) is 6.92 Å². The van der Waals surface area contributed by atoms with E-state index in [1.54, 1.807) is 35.1 Å². The van der Waals surface area contributed by atoms with Crippen LogP contribution >= 0.6 is 0 Å². The number of pyridine rings is 1. The summed E-state index contributed by atoms with van der Waals surface area (Å²) in [4.78, 5) is 16.1. The summed E-state index contributed by atoms with van der Waals surface area (Å²) in [6.45, 7) is 1.90. The molecule has 0 radical (unpaired) electrons. The van der Waals surface area contributed by atoms with Gasteiger partial charge in [-0.25, -0.2) is 9.78 Å². The number of benzene rings is 1. The number of hydrogen-bond acceptors (Lipinski definition) is 4. The summed E-state index contributed by atoms with van der Waals surface area (Å²) >= 11 is 0. The average Bonchev–Trinajstić information content (AvgIpc) is 2.94. The lowest BCUT2D eigenvalue weighted by Gasteiger charge is -2.09. The zero-order chi connectivity index (χ0) is 15.0. The van der Waals surface area contributed by atoms with Crippen molar-refractivity contribution in [2.45, 2.75) is 6.92 Å². The molecule has 106 valence electrons. The van der Waals surface area contributed by atoms with E-state index in [4.69, 9.17) is 4.74 Å². The lowest BCUT2D eigenvalue weighted by molar-refractivity contribution is 0.0600. The molecular weight excluding hydrogens is 268 g/mol. The van der Waals surface area contributed by atoms with Crippen LogP contribution in [0.2, 0.25) is 0 Å². The molecule has 5 nitrogen and oxygen atoms in total. The SMILES string of the molecule is COC(=O)c1cc(-c2ccc(C)cc2O)c2nccn2c1.